The first kappa shape index (κ1) is 22.0. The molecule has 2 N–H and O–H groups in total. The molecule has 1 saturated heterocycles. The number of piperidine rings is 1. The van der Waals surface area contributed by atoms with Crippen LogP contribution in [-0.4, -0.2) is 47.4 Å². The van der Waals surface area contributed by atoms with Crippen LogP contribution in [-0.2, 0) is 4.79 Å². The summed E-state index contributed by atoms with van der Waals surface area (Å²) in [5.74, 6) is -0.191. The summed E-state index contributed by atoms with van der Waals surface area (Å²) in [5.41, 5.74) is 3.76. The molecule has 0 spiro atoms. The minimum Gasteiger partial charge on any atom is -0.351 e. The number of anilines is 1. The average molecular weight is 431 g/mol. The average Bonchev–Trinajstić information content (AvgIpc) is 2.79. The number of aromatic nitrogens is 1. The minimum atomic E-state index is -0.112. The van der Waals surface area contributed by atoms with Gasteiger partial charge in [-0.1, -0.05) is 36.8 Å². The van der Waals surface area contributed by atoms with Crippen molar-refractivity contribution < 1.29 is 9.59 Å². The molecule has 1 fully saturated rings. The van der Waals surface area contributed by atoms with Gasteiger partial charge in [0.05, 0.1) is 16.8 Å². The Labute approximate surface area is 189 Å². The highest BCUT2D eigenvalue weighted by atomic mass is 16.2. The van der Waals surface area contributed by atoms with Gasteiger partial charge in [0.25, 0.3) is 5.91 Å². The van der Waals surface area contributed by atoms with E-state index in [0.29, 0.717) is 18.2 Å². The summed E-state index contributed by atoms with van der Waals surface area (Å²) >= 11 is 0. The fourth-order valence-electron chi connectivity index (χ4n) is 4.34. The van der Waals surface area contributed by atoms with Gasteiger partial charge >= 0.3 is 0 Å². The molecule has 6 heteroatoms. The number of amides is 2. The summed E-state index contributed by atoms with van der Waals surface area (Å²) in [5, 5.41) is 6.72. The molecule has 2 amide bonds. The number of nitrogens with zero attached hydrogens (tertiary/aromatic N) is 2. The zero-order valence-corrected chi connectivity index (χ0v) is 18.7. The lowest BCUT2D eigenvalue weighted by Gasteiger charge is -2.33. The quantitative estimate of drug-likeness (QED) is 0.605. The highest BCUT2D eigenvalue weighted by Gasteiger charge is 2.18. The van der Waals surface area contributed by atoms with Gasteiger partial charge in [0.2, 0.25) is 5.91 Å². The zero-order valence-electron chi connectivity index (χ0n) is 18.7. The highest BCUT2D eigenvalue weighted by Crippen LogP contribution is 2.26. The van der Waals surface area contributed by atoms with Crippen LogP contribution in [0.25, 0.3) is 22.2 Å². The Hall–Kier alpha value is -3.25. The van der Waals surface area contributed by atoms with E-state index in [2.05, 4.69) is 22.5 Å². The van der Waals surface area contributed by atoms with Crippen LogP contribution in [0, 0.1) is 0 Å². The van der Waals surface area contributed by atoms with Crippen LogP contribution in [0.5, 0.6) is 0 Å². The number of likely N-dealkylation sites (tertiary alicyclic amines) is 1. The van der Waals surface area contributed by atoms with Gasteiger partial charge in [-0.05, 0) is 50.6 Å². The fraction of sp³-hybridized carbons (Fsp3) is 0.346. The smallest absolute Gasteiger partial charge is 0.252 e. The van der Waals surface area contributed by atoms with E-state index in [0.717, 1.165) is 40.9 Å². The lowest BCUT2D eigenvalue weighted by atomic mass is 10.0. The number of hydrogen-bond donors (Lipinski definition) is 2. The Bertz CT molecular complexity index is 1110. The maximum atomic E-state index is 13.1. The molecular formula is C26H30N4O2. The van der Waals surface area contributed by atoms with Crippen molar-refractivity contribution in [3.63, 3.8) is 0 Å². The van der Waals surface area contributed by atoms with E-state index in [9.17, 15) is 9.59 Å². The third-order valence-corrected chi connectivity index (χ3v) is 6.09. The fourth-order valence-corrected chi connectivity index (χ4v) is 4.34. The van der Waals surface area contributed by atoms with Crippen molar-refractivity contribution in [2.45, 2.75) is 39.2 Å². The minimum absolute atomic E-state index is 0.0793. The molecule has 166 valence electrons. The lowest BCUT2D eigenvalue weighted by molar-refractivity contribution is -0.114. The van der Waals surface area contributed by atoms with E-state index in [1.807, 2.05) is 54.6 Å². The van der Waals surface area contributed by atoms with Crippen molar-refractivity contribution in [3.8, 4) is 11.3 Å². The van der Waals surface area contributed by atoms with Crippen LogP contribution in [0.2, 0.25) is 0 Å². The second kappa shape index (κ2) is 9.92. The van der Waals surface area contributed by atoms with Crippen LogP contribution in [0.3, 0.4) is 0 Å². The normalized spacial score (nSPS) is 16.6. The molecule has 2 aromatic carbocycles. The van der Waals surface area contributed by atoms with Crippen LogP contribution < -0.4 is 10.6 Å². The number of carbonyl (C=O) groups excluding carboxylic acids is 2. The van der Waals surface area contributed by atoms with E-state index in [-0.39, 0.29) is 11.8 Å². The number of rotatable bonds is 6. The molecule has 1 aromatic heterocycles. The molecule has 1 aliphatic heterocycles. The van der Waals surface area contributed by atoms with Gasteiger partial charge in [0.1, 0.15) is 0 Å². The van der Waals surface area contributed by atoms with Gasteiger partial charge in [-0.3, -0.25) is 14.5 Å². The Morgan fingerprint density at radius 1 is 1.09 bits per heavy atom. The lowest BCUT2D eigenvalue weighted by Crippen LogP contribution is -2.42. The predicted octanol–water partition coefficient (Wildman–Crippen LogP) is 4.46. The van der Waals surface area contributed by atoms with Crippen molar-refractivity contribution >= 4 is 28.4 Å². The van der Waals surface area contributed by atoms with Crippen LogP contribution in [0.4, 0.5) is 5.69 Å². The number of pyridine rings is 1. The summed E-state index contributed by atoms with van der Waals surface area (Å²) in [4.78, 5) is 31.6. The van der Waals surface area contributed by atoms with Crippen LogP contribution in [0.15, 0.2) is 54.6 Å². The molecular weight excluding hydrogens is 400 g/mol. The Kier molecular flexibility index (Phi) is 6.81. The van der Waals surface area contributed by atoms with Gasteiger partial charge < -0.3 is 10.6 Å². The third kappa shape index (κ3) is 5.14. The van der Waals surface area contributed by atoms with E-state index >= 15 is 0 Å². The maximum absolute atomic E-state index is 13.1. The largest absolute Gasteiger partial charge is 0.351 e. The summed E-state index contributed by atoms with van der Waals surface area (Å²) < 4.78 is 0. The predicted molar refractivity (Wildman–Crippen MR) is 129 cm³/mol. The van der Waals surface area contributed by atoms with Gasteiger partial charge in [-0.25, -0.2) is 4.98 Å². The molecule has 0 unspecified atom stereocenters. The topological polar surface area (TPSA) is 74.3 Å². The molecule has 0 aliphatic carbocycles. The number of nitrogens with one attached hydrogen (secondary N) is 2. The van der Waals surface area contributed by atoms with E-state index < -0.39 is 0 Å². The first-order chi connectivity index (χ1) is 15.5. The van der Waals surface area contributed by atoms with Crippen molar-refractivity contribution in [1.29, 1.82) is 0 Å². The summed E-state index contributed by atoms with van der Waals surface area (Å²) in [6.45, 7) is 6.35. The number of para-hydroxylation sites is 1. The summed E-state index contributed by atoms with van der Waals surface area (Å²) in [6.07, 6.45) is 3.76. The first-order valence-electron chi connectivity index (χ1n) is 11.3. The summed E-state index contributed by atoms with van der Waals surface area (Å²) in [7, 11) is 0. The Morgan fingerprint density at radius 3 is 2.62 bits per heavy atom. The van der Waals surface area contributed by atoms with E-state index in [1.54, 1.807) is 0 Å². The molecule has 32 heavy (non-hydrogen) atoms. The van der Waals surface area contributed by atoms with Gasteiger partial charge in [0, 0.05) is 42.7 Å². The van der Waals surface area contributed by atoms with Gasteiger partial charge in [0.15, 0.2) is 0 Å². The monoisotopic (exact) mass is 430 g/mol. The molecule has 0 radical (unpaired) electrons. The van der Waals surface area contributed by atoms with E-state index in [1.165, 1.54) is 26.2 Å². The van der Waals surface area contributed by atoms with Gasteiger partial charge in [-0.15, -0.1) is 0 Å². The Balaban J connectivity index is 1.55. The second-order valence-electron chi connectivity index (χ2n) is 8.47. The first-order valence-corrected chi connectivity index (χ1v) is 11.3. The Morgan fingerprint density at radius 2 is 1.88 bits per heavy atom. The van der Waals surface area contributed by atoms with Crippen LogP contribution in [0.1, 0.15) is 43.5 Å². The second-order valence-corrected chi connectivity index (χ2v) is 8.47. The molecule has 0 saturated carbocycles. The molecule has 0 bridgehead atoms. The standard InChI is InChI=1S/C26H30N4O2/c1-18-7-5-6-15-30(18)16-14-27-26(32)23-17-25(29-24-9-4-3-8-22(23)24)20-10-12-21(13-11-20)28-19(2)31/h3-4,8-13,17-18H,5-7,14-16H2,1-2H3,(H,27,32)(H,28,31)/t18-/m0/s1. The molecule has 6 nitrogen and oxygen atoms in total. The van der Waals surface area contributed by atoms with Crippen molar-refractivity contribution in [1.82, 2.24) is 15.2 Å². The number of carbonyl (C=O) groups is 2. The van der Waals surface area contributed by atoms with Crippen molar-refractivity contribution in [2.24, 2.45) is 0 Å². The van der Waals surface area contributed by atoms with Crippen molar-refractivity contribution in [2.75, 3.05) is 25.0 Å². The van der Waals surface area contributed by atoms with Crippen LogP contribution >= 0.6 is 0 Å². The zero-order chi connectivity index (χ0) is 22.5. The third-order valence-electron chi connectivity index (χ3n) is 6.09. The van der Waals surface area contributed by atoms with Gasteiger partial charge in [-0.2, -0.15) is 0 Å². The molecule has 1 aliphatic rings. The highest BCUT2D eigenvalue weighted by molar-refractivity contribution is 6.07. The maximum Gasteiger partial charge on any atom is 0.252 e. The van der Waals surface area contributed by atoms with Crippen molar-refractivity contribution in [3.05, 3.63) is 60.2 Å². The molecule has 1 atom stereocenters. The number of fused-ring (bicyclic) bond motifs is 1. The molecule has 4 rings (SSSR count). The number of benzene rings is 2. The molecule has 3 aromatic rings. The summed E-state index contributed by atoms with van der Waals surface area (Å²) in [6, 6.07) is 17.6. The van der Waals surface area contributed by atoms with E-state index in [4.69, 9.17) is 4.98 Å². The molecule has 2 heterocycles. The SMILES string of the molecule is CC(=O)Nc1ccc(-c2cc(C(=O)NCCN3CCCC[C@@H]3C)c3ccccc3n2)cc1. The number of hydrogen-bond acceptors (Lipinski definition) is 4.